The Balaban J connectivity index is 2.53. The summed E-state index contributed by atoms with van der Waals surface area (Å²) < 4.78 is 0. The van der Waals surface area contributed by atoms with Gasteiger partial charge in [-0.05, 0) is 30.3 Å². The maximum absolute atomic E-state index is 9.35. The van der Waals surface area contributed by atoms with Crippen LogP contribution in [0.15, 0.2) is 36.5 Å². The number of benzene rings is 1. The number of hydrogen-bond acceptors (Lipinski definition) is 3. The molecule has 76 valence electrons. The second-order valence-electron chi connectivity index (χ2n) is 3.14. The normalized spacial score (nSPS) is 10.2. The van der Waals surface area contributed by atoms with Gasteiger partial charge in [0.25, 0.3) is 0 Å². The van der Waals surface area contributed by atoms with Crippen LogP contribution in [-0.2, 0) is 0 Å². The SMILES string of the molecule is Nc1ccc(-c2cc(O)ccc2Cl)cn1. The molecule has 3 nitrogen and oxygen atoms in total. The smallest absolute Gasteiger partial charge is 0.123 e. The lowest BCUT2D eigenvalue weighted by molar-refractivity contribution is 0.475. The summed E-state index contributed by atoms with van der Waals surface area (Å²) in [6, 6.07) is 8.27. The van der Waals surface area contributed by atoms with Gasteiger partial charge in [-0.25, -0.2) is 4.98 Å². The predicted octanol–water partition coefficient (Wildman–Crippen LogP) is 2.69. The van der Waals surface area contributed by atoms with Crippen molar-refractivity contribution in [2.45, 2.75) is 0 Å². The molecule has 0 amide bonds. The molecule has 3 N–H and O–H groups in total. The Bertz CT molecular complexity index is 482. The molecule has 0 unspecified atom stereocenters. The van der Waals surface area contributed by atoms with Crippen molar-refractivity contribution in [3.8, 4) is 16.9 Å². The van der Waals surface area contributed by atoms with E-state index in [1.54, 1.807) is 24.4 Å². The number of rotatable bonds is 1. The molecule has 15 heavy (non-hydrogen) atoms. The van der Waals surface area contributed by atoms with Crippen molar-refractivity contribution in [3.05, 3.63) is 41.6 Å². The van der Waals surface area contributed by atoms with Gasteiger partial charge < -0.3 is 10.8 Å². The van der Waals surface area contributed by atoms with Crippen molar-refractivity contribution in [1.29, 1.82) is 0 Å². The topological polar surface area (TPSA) is 59.1 Å². The van der Waals surface area contributed by atoms with Crippen LogP contribution in [0, 0.1) is 0 Å². The Hall–Kier alpha value is -1.74. The van der Waals surface area contributed by atoms with E-state index in [2.05, 4.69) is 4.98 Å². The Morgan fingerprint density at radius 1 is 1.20 bits per heavy atom. The van der Waals surface area contributed by atoms with E-state index in [0.29, 0.717) is 10.8 Å². The molecule has 0 saturated heterocycles. The lowest BCUT2D eigenvalue weighted by Gasteiger charge is -2.04. The molecule has 2 rings (SSSR count). The van der Waals surface area contributed by atoms with Crippen molar-refractivity contribution < 1.29 is 5.11 Å². The van der Waals surface area contributed by atoms with Crippen molar-refractivity contribution in [2.75, 3.05) is 5.73 Å². The molecule has 0 atom stereocenters. The van der Waals surface area contributed by atoms with E-state index < -0.39 is 0 Å². The lowest BCUT2D eigenvalue weighted by atomic mass is 10.1. The number of nitrogens with zero attached hydrogens (tertiary/aromatic N) is 1. The first kappa shape index (κ1) is 9.80. The number of anilines is 1. The van der Waals surface area contributed by atoms with E-state index in [9.17, 15) is 5.11 Å². The summed E-state index contributed by atoms with van der Waals surface area (Å²) in [7, 11) is 0. The third-order valence-electron chi connectivity index (χ3n) is 2.05. The van der Waals surface area contributed by atoms with Crippen LogP contribution in [-0.4, -0.2) is 10.1 Å². The summed E-state index contributed by atoms with van der Waals surface area (Å²) in [4.78, 5) is 3.96. The third-order valence-corrected chi connectivity index (χ3v) is 2.38. The van der Waals surface area contributed by atoms with Crippen LogP contribution in [0.1, 0.15) is 0 Å². The highest BCUT2D eigenvalue weighted by molar-refractivity contribution is 6.33. The van der Waals surface area contributed by atoms with E-state index >= 15 is 0 Å². The largest absolute Gasteiger partial charge is 0.508 e. The molecule has 1 heterocycles. The standard InChI is InChI=1S/C11H9ClN2O/c12-10-3-2-8(15)5-9(10)7-1-4-11(13)14-6-7/h1-6,15H,(H2,13,14). The first-order valence-electron chi connectivity index (χ1n) is 4.37. The van der Waals surface area contributed by atoms with E-state index in [0.717, 1.165) is 11.1 Å². The molecule has 1 aromatic carbocycles. The summed E-state index contributed by atoms with van der Waals surface area (Å²) in [5.41, 5.74) is 7.04. The summed E-state index contributed by atoms with van der Waals surface area (Å²) in [5, 5.41) is 9.92. The molecule has 0 spiro atoms. The fraction of sp³-hybridized carbons (Fsp3) is 0. The maximum Gasteiger partial charge on any atom is 0.123 e. The summed E-state index contributed by atoms with van der Waals surface area (Å²) >= 11 is 6.00. The number of nitrogen functional groups attached to an aromatic ring is 1. The Kier molecular flexibility index (Phi) is 2.47. The fourth-order valence-corrected chi connectivity index (χ4v) is 1.53. The van der Waals surface area contributed by atoms with Crippen molar-refractivity contribution in [2.24, 2.45) is 0 Å². The summed E-state index contributed by atoms with van der Waals surface area (Å²) in [6.07, 6.45) is 1.62. The number of phenols is 1. The van der Waals surface area contributed by atoms with Crippen LogP contribution < -0.4 is 5.73 Å². The number of phenolic OH excluding ortho intramolecular Hbond substituents is 1. The Morgan fingerprint density at radius 3 is 2.67 bits per heavy atom. The van der Waals surface area contributed by atoms with Gasteiger partial charge in [0, 0.05) is 22.3 Å². The Morgan fingerprint density at radius 2 is 2.00 bits per heavy atom. The number of pyridine rings is 1. The van der Waals surface area contributed by atoms with Gasteiger partial charge in [-0.15, -0.1) is 0 Å². The zero-order valence-electron chi connectivity index (χ0n) is 7.81. The second kappa shape index (κ2) is 3.79. The first-order valence-corrected chi connectivity index (χ1v) is 4.75. The third kappa shape index (κ3) is 2.02. The van der Waals surface area contributed by atoms with Gasteiger partial charge >= 0.3 is 0 Å². The molecule has 0 radical (unpaired) electrons. The Labute approximate surface area is 92.1 Å². The summed E-state index contributed by atoms with van der Waals surface area (Å²) in [5.74, 6) is 0.626. The van der Waals surface area contributed by atoms with Gasteiger partial charge in [-0.3, -0.25) is 0 Å². The molecule has 0 saturated carbocycles. The van der Waals surface area contributed by atoms with Crippen LogP contribution in [0.3, 0.4) is 0 Å². The molecule has 0 aliphatic carbocycles. The minimum absolute atomic E-state index is 0.172. The monoisotopic (exact) mass is 220 g/mol. The van der Waals surface area contributed by atoms with E-state index in [1.165, 1.54) is 6.07 Å². The van der Waals surface area contributed by atoms with Crippen LogP contribution in [0.5, 0.6) is 5.75 Å². The molecular weight excluding hydrogens is 212 g/mol. The number of aromatic hydroxyl groups is 1. The van der Waals surface area contributed by atoms with Gasteiger partial charge in [-0.1, -0.05) is 11.6 Å². The molecule has 1 aromatic heterocycles. The quantitative estimate of drug-likeness (QED) is 0.777. The van der Waals surface area contributed by atoms with E-state index in [4.69, 9.17) is 17.3 Å². The zero-order valence-corrected chi connectivity index (χ0v) is 8.57. The first-order chi connectivity index (χ1) is 7.16. The van der Waals surface area contributed by atoms with Gasteiger partial charge in [0.2, 0.25) is 0 Å². The highest BCUT2D eigenvalue weighted by Crippen LogP contribution is 2.30. The predicted molar refractivity (Wildman–Crippen MR) is 60.8 cm³/mol. The lowest BCUT2D eigenvalue weighted by Crippen LogP contribution is -1.89. The number of aromatic nitrogens is 1. The second-order valence-corrected chi connectivity index (χ2v) is 3.54. The summed E-state index contributed by atoms with van der Waals surface area (Å²) in [6.45, 7) is 0. The van der Waals surface area contributed by atoms with E-state index in [-0.39, 0.29) is 5.75 Å². The van der Waals surface area contributed by atoms with E-state index in [1.807, 2.05) is 6.07 Å². The maximum atomic E-state index is 9.35. The van der Waals surface area contributed by atoms with Gasteiger partial charge in [0.15, 0.2) is 0 Å². The molecule has 0 fully saturated rings. The molecule has 0 aliphatic rings. The van der Waals surface area contributed by atoms with Crippen LogP contribution in [0.25, 0.3) is 11.1 Å². The van der Waals surface area contributed by atoms with Crippen molar-refractivity contribution in [1.82, 2.24) is 4.98 Å². The average molecular weight is 221 g/mol. The molecule has 2 aromatic rings. The fourth-order valence-electron chi connectivity index (χ4n) is 1.30. The van der Waals surface area contributed by atoms with Gasteiger partial charge in [0.05, 0.1) is 0 Å². The molecular formula is C11H9ClN2O. The molecule has 0 bridgehead atoms. The van der Waals surface area contributed by atoms with Crippen LogP contribution in [0.2, 0.25) is 5.02 Å². The molecule has 4 heteroatoms. The van der Waals surface area contributed by atoms with Crippen LogP contribution in [0.4, 0.5) is 5.82 Å². The van der Waals surface area contributed by atoms with Crippen molar-refractivity contribution in [3.63, 3.8) is 0 Å². The number of hydrogen-bond donors (Lipinski definition) is 2. The molecule has 0 aliphatic heterocycles. The highest BCUT2D eigenvalue weighted by atomic mass is 35.5. The minimum Gasteiger partial charge on any atom is -0.508 e. The zero-order chi connectivity index (χ0) is 10.8. The van der Waals surface area contributed by atoms with Gasteiger partial charge in [0.1, 0.15) is 11.6 Å². The van der Waals surface area contributed by atoms with Crippen molar-refractivity contribution >= 4 is 17.4 Å². The number of halogens is 1. The minimum atomic E-state index is 0.172. The van der Waals surface area contributed by atoms with Crippen LogP contribution >= 0.6 is 11.6 Å². The highest BCUT2D eigenvalue weighted by Gasteiger charge is 2.04. The average Bonchev–Trinajstić information content (AvgIpc) is 2.23. The number of nitrogens with two attached hydrogens (primary N) is 1. The van der Waals surface area contributed by atoms with Gasteiger partial charge in [-0.2, -0.15) is 0 Å².